The minimum absolute atomic E-state index is 0.277. The van der Waals surface area contributed by atoms with Crippen molar-refractivity contribution >= 4 is 0 Å². The summed E-state index contributed by atoms with van der Waals surface area (Å²) >= 11 is 0. The molecule has 0 aliphatic heterocycles. The van der Waals surface area contributed by atoms with Crippen molar-refractivity contribution in [1.82, 2.24) is 15.1 Å². The van der Waals surface area contributed by atoms with Gasteiger partial charge in [0, 0.05) is 38.4 Å². The normalized spacial score (nSPS) is 10.7. The Morgan fingerprint density at radius 1 is 1.37 bits per heavy atom. The van der Waals surface area contributed by atoms with E-state index in [1.165, 1.54) is 18.9 Å². The summed E-state index contributed by atoms with van der Waals surface area (Å²) in [7, 11) is 3.39. The van der Waals surface area contributed by atoms with Crippen molar-refractivity contribution in [3.05, 3.63) is 47.5 Å². The minimum Gasteiger partial charge on any atom is -0.494 e. The fraction of sp³-hybridized carbons (Fsp3) is 0.357. The summed E-state index contributed by atoms with van der Waals surface area (Å²) < 4.78 is 20.2. The van der Waals surface area contributed by atoms with E-state index < -0.39 is 0 Å². The van der Waals surface area contributed by atoms with Crippen LogP contribution < -0.4 is 10.1 Å². The van der Waals surface area contributed by atoms with E-state index in [4.69, 9.17) is 4.74 Å². The van der Waals surface area contributed by atoms with Gasteiger partial charge in [0.1, 0.15) is 0 Å². The van der Waals surface area contributed by atoms with Crippen LogP contribution in [-0.2, 0) is 20.0 Å². The van der Waals surface area contributed by atoms with Gasteiger partial charge in [-0.2, -0.15) is 5.10 Å². The minimum atomic E-state index is -0.326. The van der Waals surface area contributed by atoms with E-state index in [9.17, 15) is 4.39 Å². The lowest BCUT2D eigenvalue weighted by Crippen LogP contribution is -2.18. The zero-order chi connectivity index (χ0) is 13.7. The van der Waals surface area contributed by atoms with Crippen LogP contribution in [0.15, 0.2) is 30.5 Å². The second-order valence-corrected chi connectivity index (χ2v) is 4.34. The molecule has 0 aliphatic carbocycles. The molecule has 0 atom stereocenters. The van der Waals surface area contributed by atoms with Gasteiger partial charge in [-0.1, -0.05) is 6.07 Å². The van der Waals surface area contributed by atoms with E-state index in [0.29, 0.717) is 6.54 Å². The van der Waals surface area contributed by atoms with Crippen LogP contribution in [0.5, 0.6) is 5.75 Å². The average Bonchev–Trinajstić information content (AvgIpc) is 2.80. The summed E-state index contributed by atoms with van der Waals surface area (Å²) in [6.07, 6.45) is 2.68. The second kappa shape index (κ2) is 6.33. The predicted molar refractivity (Wildman–Crippen MR) is 71.6 cm³/mol. The maximum absolute atomic E-state index is 13.5. The van der Waals surface area contributed by atoms with Gasteiger partial charge < -0.3 is 10.1 Å². The average molecular weight is 263 g/mol. The number of aromatic nitrogens is 2. The number of benzene rings is 1. The van der Waals surface area contributed by atoms with E-state index in [2.05, 4.69) is 10.4 Å². The van der Waals surface area contributed by atoms with Crippen molar-refractivity contribution in [2.45, 2.75) is 13.0 Å². The summed E-state index contributed by atoms with van der Waals surface area (Å²) in [5.41, 5.74) is 2.08. The summed E-state index contributed by atoms with van der Waals surface area (Å²) in [6, 6.07) is 7.00. The second-order valence-electron chi connectivity index (χ2n) is 4.34. The molecule has 0 aliphatic rings. The van der Waals surface area contributed by atoms with E-state index in [1.807, 2.05) is 23.9 Å². The summed E-state index contributed by atoms with van der Waals surface area (Å²) in [5.74, 6) is -0.0490. The molecule has 0 saturated carbocycles. The van der Waals surface area contributed by atoms with Crippen molar-refractivity contribution in [3.63, 3.8) is 0 Å². The molecule has 1 heterocycles. The lowest BCUT2D eigenvalue weighted by atomic mass is 10.2. The van der Waals surface area contributed by atoms with E-state index in [1.54, 1.807) is 12.3 Å². The Morgan fingerprint density at radius 3 is 2.84 bits per heavy atom. The number of ether oxygens (including phenoxy) is 1. The largest absolute Gasteiger partial charge is 0.494 e. The Balaban J connectivity index is 1.80. The van der Waals surface area contributed by atoms with Gasteiger partial charge in [0.05, 0.1) is 7.11 Å². The molecule has 0 spiro atoms. The lowest BCUT2D eigenvalue weighted by Gasteiger charge is -2.07. The molecular formula is C14H18FN3O. The monoisotopic (exact) mass is 263 g/mol. The van der Waals surface area contributed by atoms with Gasteiger partial charge in [-0.15, -0.1) is 0 Å². The van der Waals surface area contributed by atoms with Crippen LogP contribution in [0, 0.1) is 5.82 Å². The smallest absolute Gasteiger partial charge is 0.165 e. The van der Waals surface area contributed by atoms with Crippen molar-refractivity contribution in [1.29, 1.82) is 0 Å². The van der Waals surface area contributed by atoms with Crippen LogP contribution in [0.2, 0.25) is 0 Å². The van der Waals surface area contributed by atoms with Gasteiger partial charge >= 0.3 is 0 Å². The molecule has 0 fully saturated rings. The maximum atomic E-state index is 13.5. The van der Waals surface area contributed by atoms with Crippen LogP contribution >= 0.6 is 0 Å². The first-order valence-electron chi connectivity index (χ1n) is 6.20. The Kier molecular flexibility index (Phi) is 4.52. The van der Waals surface area contributed by atoms with Gasteiger partial charge in [0.25, 0.3) is 0 Å². The fourth-order valence-electron chi connectivity index (χ4n) is 1.92. The fourth-order valence-corrected chi connectivity index (χ4v) is 1.92. The SMILES string of the molecule is COc1ccc(CNCCc2ccnn2C)cc1F. The third kappa shape index (κ3) is 3.54. The first kappa shape index (κ1) is 13.5. The molecule has 19 heavy (non-hydrogen) atoms. The molecule has 102 valence electrons. The number of rotatable bonds is 6. The first-order chi connectivity index (χ1) is 9.20. The highest BCUT2D eigenvalue weighted by Gasteiger charge is 2.03. The number of hydrogen-bond donors (Lipinski definition) is 1. The summed E-state index contributed by atoms with van der Waals surface area (Å²) in [6.45, 7) is 1.46. The molecule has 0 saturated heterocycles. The molecule has 0 unspecified atom stereocenters. The van der Waals surface area contributed by atoms with Crippen molar-refractivity contribution in [3.8, 4) is 5.75 Å². The van der Waals surface area contributed by atoms with Crippen LogP contribution in [0.25, 0.3) is 0 Å². The topological polar surface area (TPSA) is 39.1 Å². The van der Waals surface area contributed by atoms with E-state index in [-0.39, 0.29) is 11.6 Å². The lowest BCUT2D eigenvalue weighted by molar-refractivity contribution is 0.386. The predicted octanol–water partition coefficient (Wildman–Crippen LogP) is 1.90. The zero-order valence-corrected chi connectivity index (χ0v) is 11.2. The van der Waals surface area contributed by atoms with Crippen LogP contribution in [-0.4, -0.2) is 23.4 Å². The molecule has 1 aromatic carbocycles. The number of hydrogen-bond acceptors (Lipinski definition) is 3. The molecule has 1 N–H and O–H groups in total. The van der Waals surface area contributed by atoms with Gasteiger partial charge in [0.2, 0.25) is 0 Å². The van der Waals surface area contributed by atoms with E-state index in [0.717, 1.165) is 18.5 Å². The molecule has 0 amide bonds. The quantitative estimate of drug-likeness (QED) is 0.809. The first-order valence-corrected chi connectivity index (χ1v) is 6.20. The van der Waals surface area contributed by atoms with Crippen molar-refractivity contribution in [2.75, 3.05) is 13.7 Å². The molecule has 0 radical (unpaired) electrons. The molecule has 2 rings (SSSR count). The van der Waals surface area contributed by atoms with Crippen molar-refractivity contribution in [2.24, 2.45) is 7.05 Å². The maximum Gasteiger partial charge on any atom is 0.165 e. The highest BCUT2D eigenvalue weighted by molar-refractivity contribution is 5.29. The molecule has 2 aromatic rings. The third-order valence-electron chi connectivity index (χ3n) is 3.03. The van der Waals surface area contributed by atoms with Gasteiger partial charge in [0.15, 0.2) is 11.6 Å². The van der Waals surface area contributed by atoms with Crippen LogP contribution in [0.1, 0.15) is 11.3 Å². The van der Waals surface area contributed by atoms with Gasteiger partial charge in [-0.25, -0.2) is 4.39 Å². The summed E-state index contributed by atoms with van der Waals surface area (Å²) in [5, 5.41) is 7.39. The van der Waals surface area contributed by atoms with Crippen molar-refractivity contribution < 1.29 is 9.13 Å². The number of halogens is 1. The van der Waals surface area contributed by atoms with Crippen LogP contribution in [0.3, 0.4) is 0 Å². The number of aryl methyl sites for hydroxylation is 1. The highest BCUT2D eigenvalue weighted by Crippen LogP contribution is 2.17. The third-order valence-corrected chi connectivity index (χ3v) is 3.03. The molecule has 5 heteroatoms. The standard InChI is InChI=1S/C14H18FN3O/c1-18-12(6-8-17-18)5-7-16-10-11-3-4-14(19-2)13(15)9-11/h3-4,6,8-9,16H,5,7,10H2,1-2H3. The van der Waals surface area contributed by atoms with Crippen LogP contribution in [0.4, 0.5) is 4.39 Å². The summed E-state index contributed by atoms with van der Waals surface area (Å²) in [4.78, 5) is 0. The Hall–Kier alpha value is -1.88. The Morgan fingerprint density at radius 2 is 2.21 bits per heavy atom. The van der Waals surface area contributed by atoms with Gasteiger partial charge in [-0.05, 0) is 23.8 Å². The Bertz CT molecular complexity index is 539. The highest BCUT2D eigenvalue weighted by atomic mass is 19.1. The zero-order valence-electron chi connectivity index (χ0n) is 11.2. The van der Waals surface area contributed by atoms with E-state index >= 15 is 0 Å². The number of nitrogens with one attached hydrogen (secondary N) is 1. The number of methoxy groups -OCH3 is 1. The molecule has 4 nitrogen and oxygen atoms in total. The van der Waals surface area contributed by atoms with Gasteiger partial charge in [-0.3, -0.25) is 4.68 Å². The molecular weight excluding hydrogens is 245 g/mol. The molecule has 1 aromatic heterocycles. The Labute approximate surface area is 112 Å². The molecule has 0 bridgehead atoms. The number of nitrogens with zero attached hydrogens (tertiary/aromatic N) is 2.